The molecule has 0 aromatic rings. The van der Waals surface area contributed by atoms with E-state index in [2.05, 4.69) is 27.7 Å². The summed E-state index contributed by atoms with van der Waals surface area (Å²) in [7, 11) is 0. The van der Waals surface area contributed by atoms with Crippen molar-refractivity contribution in [3.63, 3.8) is 0 Å². The van der Waals surface area contributed by atoms with Gasteiger partial charge >= 0.3 is 0 Å². The van der Waals surface area contributed by atoms with Gasteiger partial charge in [-0.05, 0) is 37.6 Å². The fourth-order valence-electron chi connectivity index (χ4n) is 1.94. The molecular formula is C13H27NO. The van der Waals surface area contributed by atoms with Gasteiger partial charge in [0.2, 0.25) is 0 Å². The molecule has 0 unspecified atom stereocenters. The summed E-state index contributed by atoms with van der Waals surface area (Å²) in [6, 6.07) is 0. The summed E-state index contributed by atoms with van der Waals surface area (Å²) < 4.78 is 5.95. The van der Waals surface area contributed by atoms with Crippen LogP contribution in [-0.4, -0.2) is 19.3 Å². The molecule has 1 rings (SSSR count). The van der Waals surface area contributed by atoms with Gasteiger partial charge in [-0.1, -0.05) is 27.7 Å². The van der Waals surface area contributed by atoms with Gasteiger partial charge in [-0.25, -0.2) is 0 Å². The smallest absolute Gasteiger partial charge is 0.0575 e. The molecule has 2 N–H and O–H groups in total. The molecule has 15 heavy (non-hydrogen) atoms. The van der Waals surface area contributed by atoms with Crippen LogP contribution >= 0.6 is 0 Å². The van der Waals surface area contributed by atoms with Crippen molar-refractivity contribution in [2.45, 2.75) is 59.5 Å². The fraction of sp³-hybridized carbons (Fsp3) is 1.00. The summed E-state index contributed by atoms with van der Waals surface area (Å²) in [6.45, 7) is 10.5. The quantitative estimate of drug-likeness (QED) is 0.779. The molecule has 0 radical (unpaired) electrons. The minimum Gasteiger partial charge on any atom is -0.378 e. The van der Waals surface area contributed by atoms with Gasteiger partial charge < -0.3 is 10.5 Å². The Morgan fingerprint density at radius 2 is 1.80 bits per heavy atom. The maximum Gasteiger partial charge on any atom is 0.0575 e. The second kappa shape index (κ2) is 4.84. The van der Waals surface area contributed by atoms with E-state index in [4.69, 9.17) is 10.5 Å². The Labute approximate surface area is 94.6 Å². The van der Waals surface area contributed by atoms with Crippen molar-refractivity contribution in [1.29, 1.82) is 0 Å². The van der Waals surface area contributed by atoms with Crippen LogP contribution in [0.5, 0.6) is 0 Å². The molecule has 0 heterocycles. The Morgan fingerprint density at radius 1 is 1.27 bits per heavy atom. The van der Waals surface area contributed by atoms with Crippen molar-refractivity contribution in [3.8, 4) is 0 Å². The standard InChI is InChI=1S/C13H27NO/c1-12(2)7-5-11(6-8-12)15-10-13(3,4)9-14/h11H,5-10,14H2,1-4H3. The molecular weight excluding hydrogens is 186 g/mol. The predicted molar refractivity (Wildman–Crippen MR) is 64.8 cm³/mol. The molecule has 0 aliphatic heterocycles. The second-order valence-corrected chi connectivity index (χ2v) is 6.54. The van der Waals surface area contributed by atoms with E-state index in [1.165, 1.54) is 25.7 Å². The van der Waals surface area contributed by atoms with Crippen molar-refractivity contribution >= 4 is 0 Å². The Kier molecular flexibility index (Phi) is 4.19. The third-order valence-electron chi connectivity index (χ3n) is 3.55. The largest absolute Gasteiger partial charge is 0.378 e. The molecule has 0 aromatic carbocycles. The first-order valence-corrected chi connectivity index (χ1v) is 6.16. The molecule has 1 fully saturated rings. The number of hydrogen-bond donors (Lipinski definition) is 1. The molecule has 0 aromatic heterocycles. The zero-order valence-electron chi connectivity index (χ0n) is 10.8. The molecule has 1 saturated carbocycles. The van der Waals surface area contributed by atoms with Crippen molar-refractivity contribution in [2.24, 2.45) is 16.6 Å². The zero-order chi connectivity index (χ0) is 11.5. The van der Waals surface area contributed by atoms with E-state index >= 15 is 0 Å². The SMILES string of the molecule is CC1(C)CCC(OCC(C)(C)CN)CC1. The first kappa shape index (κ1) is 13.0. The van der Waals surface area contributed by atoms with E-state index in [1.54, 1.807) is 0 Å². The van der Waals surface area contributed by atoms with Gasteiger partial charge in [0.05, 0.1) is 12.7 Å². The van der Waals surface area contributed by atoms with Crippen LogP contribution in [-0.2, 0) is 4.74 Å². The molecule has 2 heteroatoms. The van der Waals surface area contributed by atoms with Crippen LogP contribution in [0.2, 0.25) is 0 Å². The maximum absolute atomic E-state index is 5.95. The van der Waals surface area contributed by atoms with Crippen LogP contribution in [0.4, 0.5) is 0 Å². The van der Waals surface area contributed by atoms with Crippen molar-refractivity contribution < 1.29 is 4.74 Å². The highest BCUT2D eigenvalue weighted by Gasteiger charge is 2.28. The minimum absolute atomic E-state index is 0.132. The molecule has 0 atom stereocenters. The van der Waals surface area contributed by atoms with E-state index in [0.717, 1.165) is 6.61 Å². The third kappa shape index (κ3) is 4.52. The van der Waals surface area contributed by atoms with E-state index in [1.807, 2.05) is 0 Å². The molecule has 1 aliphatic rings. The highest BCUT2D eigenvalue weighted by Crippen LogP contribution is 2.36. The van der Waals surface area contributed by atoms with Crippen molar-refractivity contribution in [2.75, 3.05) is 13.2 Å². The first-order chi connectivity index (χ1) is 6.85. The molecule has 1 aliphatic carbocycles. The van der Waals surface area contributed by atoms with Crippen LogP contribution in [0.1, 0.15) is 53.4 Å². The van der Waals surface area contributed by atoms with Gasteiger partial charge in [-0.3, -0.25) is 0 Å². The van der Waals surface area contributed by atoms with Crippen LogP contribution in [0, 0.1) is 10.8 Å². The van der Waals surface area contributed by atoms with Crippen LogP contribution in [0.25, 0.3) is 0 Å². The lowest BCUT2D eigenvalue weighted by atomic mass is 9.76. The third-order valence-corrected chi connectivity index (χ3v) is 3.55. The predicted octanol–water partition coefficient (Wildman–Crippen LogP) is 2.96. The normalized spacial score (nSPS) is 23.0. The highest BCUT2D eigenvalue weighted by molar-refractivity contribution is 4.79. The van der Waals surface area contributed by atoms with Crippen LogP contribution in [0.3, 0.4) is 0 Å². The Bertz CT molecular complexity index is 189. The average Bonchev–Trinajstić information content (AvgIpc) is 2.16. The molecule has 0 saturated heterocycles. The van der Waals surface area contributed by atoms with Crippen molar-refractivity contribution in [1.82, 2.24) is 0 Å². The van der Waals surface area contributed by atoms with E-state index in [-0.39, 0.29) is 5.41 Å². The Hall–Kier alpha value is -0.0800. The van der Waals surface area contributed by atoms with Crippen molar-refractivity contribution in [3.05, 3.63) is 0 Å². The molecule has 0 spiro atoms. The Balaban J connectivity index is 2.25. The van der Waals surface area contributed by atoms with E-state index < -0.39 is 0 Å². The number of nitrogens with two attached hydrogens (primary N) is 1. The monoisotopic (exact) mass is 213 g/mol. The highest BCUT2D eigenvalue weighted by atomic mass is 16.5. The van der Waals surface area contributed by atoms with Gasteiger partial charge in [-0.2, -0.15) is 0 Å². The Morgan fingerprint density at radius 3 is 2.27 bits per heavy atom. The maximum atomic E-state index is 5.95. The lowest BCUT2D eigenvalue weighted by Crippen LogP contribution is -2.33. The van der Waals surface area contributed by atoms with Gasteiger partial charge in [0, 0.05) is 5.41 Å². The summed E-state index contributed by atoms with van der Waals surface area (Å²) in [4.78, 5) is 0. The zero-order valence-corrected chi connectivity index (χ0v) is 10.8. The lowest BCUT2D eigenvalue weighted by Gasteiger charge is -2.35. The molecule has 2 nitrogen and oxygen atoms in total. The van der Waals surface area contributed by atoms with Crippen LogP contribution in [0.15, 0.2) is 0 Å². The second-order valence-electron chi connectivity index (χ2n) is 6.54. The van der Waals surface area contributed by atoms with Gasteiger partial charge in [0.15, 0.2) is 0 Å². The first-order valence-electron chi connectivity index (χ1n) is 6.16. The van der Waals surface area contributed by atoms with E-state index in [0.29, 0.717) is 18.1 Å². The summed E-state index contributed by atoms with van der Waals surface area (Å²) in [5.41, 5.74) is 6.35. The summed E-state index contributed by atoms with van der Waals surface area (Å²) in [5.74, 6) is 0. The number of rotatable bonds is 4. The topological polar surface area (TPSA) is 35.2 Å². The fourth-order valence-corrected chi connectivity index (χ4v) is 1.94. The molecule has 90 valence electrons. The average molecular weight is 213 g/mol. The summed E-state index contributed by atoms with van der Waals surface area (Å²) >= 11 is 0. The van der Waals surface area contributed by atoms with Gasteiger partial charge in [-0.15, -0.1) is 0 Å². The van der Waals surface area contributed by atoms with Crippen LogP contribution < -0.4 is 5.73 Å². The molecule has 0 bridgehead atoms. The number of hydrogen-bond acceptors (Lipinski definition) is 2. The summed E-state index contributed by atoms with van der Waals surface area (Å²) in [6.07, 6.45) is 5.49. The van der Waals surface area contributed by atoms with Gasteiger partial charge in [0.25, 0.3) is 0 Å². The minimum atomic E-state index is 0.132. The van der Waals surface area contributed by atoms with E-state index in [9.17, 15) is 0 Å². The molecule has 0 amide bonds. The summed E-state index contributed by atoms with van der Waals surface area (Å²) in [5, 5.41) is 0. The lowest BCUT2D eigenvalue weighted by molar-refractivity contribution is -0.0286. The van der Waals surface area contributed by atoms with Gasteiger partial charge in [0.1, 0.15) is 0 Å². The number of ether oxygens (including phenoxy) is 1.